The van der Waals surface area contributed by atoms with Crippen LogP contribution in [-0.2, 0) is 4.79 Å². The lowest BCUT2D eigenvalue weighted by Crippen LogP contribution is -2.28. The third kappa shape index (κ3) is 4.13. The van der Waals surface area contributed by atoms with Crippen LogP contribution in [0.15, 0.2) is 54.6 Å². The van der Waals surface area contributed by atoms with Gasteiger partial charge in [-0.1, -0.05) is 18.2 Å². The molecule has 0 aliphatic heterocycles. The van der Waals surface area contributed by atoms with Crippen molar-refractivity contribution >= 4 is 17.7 Å². The monoisotopic (exact) mass is 311 g/mol. The van der Waals surface area contributed by atoms with E-state index in [2.05, 4.69) is 0 Å². The van der Waals surface area contributed by atoms with E-state index >= 15 is 0 Å². The lowest BCUT2D eigenvalue weighted by Gasteiger charge is -2.19. The van der Waals surface area contributed by atoms with Crippen LogP contribution in [0.1, 0.15) is 12.5 Å². The molecule has 0 bridgehead atoms. The third-order valence-electron chi connectivity index (χ3n) is 3.49. The van der Waals surface area contributed by atoms with Crippen molar-refractivity contribution in [3.05, 3.63) is 60.2 Å². The largest absolute Gasteiger partial charge is 0.497 e. The van der Waals surface area contributed by atoms with E-state index in [1.807, 2.05) is 55.5 Å². The van der Waals surface area contributed by atoms with Crippen LogP contribution in [0, 0.1) is 0 Å². The molecule has 0 saturated heterocycles. The number of benzene rings is 2. The normalized spacial score (nSPS) is 10.6. The fraction of sp³-hybridized carbons (Fsp3) is 0.211. The maximum absolute atomic E-state index is 12.5. The molecule has 0 aromatic heterocycles. The van der Waals surface area contributed by atoms with Crippen LogP contribution in [-0.4, -0.2) is 26.7 Å². The van der Waals surface area contributed by atoms with Crippen LogP contribution in [0.5, 0.6) is 11.5 Å². The van der Waals surface area contributed by atoms with Crippen LogP contribution >= 0.6 is 0 Å². The molecule has 4 nitrogen and oxygen atoms in total. The number of hydrogen-bond acceptors (Lipinski definition) is 3. The summed E-state index contributed by atoms with van der Waals surface area (Å²) >= 11 is 0. The van der Waals surface area contributed by atoms with E-state index in [9.17, 15) is 4.79 Å². The first-order valence-corrected chi connectivity index (χ1v) is 7.46. The van der Waals surface area contributed by atoms with Gasteiger partial charge in [0.05, 0.1) is 14.2 Å². The van der Waals surface area contributed by atoms with Crippen LogP contribution < -0.4 is 14.4 Å². The predicted octanol–water partition coefficient (Wildman–Crippen LogP) is 3.77. The number of hydrogen-bond donors (Lipinski definition) is 0. The minimum atomic E-state index is -0.0800. The van der Waals surface area contributed by atoms with Crippen molar-refractivity contribution in [3.8, 4) is 11.5 Å². The Labute approximate surface area is 137 Å². The summed E-state index contributed by atoms with van der Waals surface area (Å²) in [5.41, 5.74) is 1.67. The quantitative estimate of drug-likeness (QED) is 0.762. The number of anilines is 1. The average Bonchev–Trinajstić information content (AvgIpc) is 2.61. The Hall–Kier alpha value is -2.75. The van der Waals surface area contributed by atoms with E-state index in [1.54, 1.807) is 31.3 Å². The Kier molecular flexibility index (Phi) is 5.80. The number of carbonyl (C=O) groups is 1. The molecule has 0 aliphatic rings. The molecular weight excluding hydrogens is 290 g/mol. The number of likely N-dealkylation sites (N-methyl/N-ethyl adjacent to an activating group) is 1. The van der Waals surface area contributed by atoms with E-state index in [0.29, 0.717) is 18.0 Å². The molecule has 0 atom stereocenters. The van der Waals surface area contributed by atoms with Crippen molar-refractivity contribution in [3.63, 3.8) is 0 Å². The molecule has 2 aromatic rings. The van der Waals surface area contributed by atoms with Gasteiger partial charge in [-0.15, -0.1) is 0 Å². The van der Waals surface area contributed by atoms with E-state index in [-0.39, 0.29) is 5.91 Å². The van der Waals surface area contributed by atoms with Crippen molar-refractivity contribution < 1.29 is 14.3 Å². The number of carbonyl (C=O) groups excluding carboxylic acids is 1. The fourth-order valence-electron chi connectivity index (χ4n) is 2.29. The number of methoxy groups -OCH3 is 2. The van der Waals surface area contributed by atoms with Gasteiger partial charge in [-0.25, -0.2) is 0 Å². The van der Waals surface area contributed by atoms with Gasteiger partial charge in [0.1, 0.15) is 11.5 Å². The van der Waals surface area contributed by atoms with Crippen molar-refractivity contribution in [2.24, 2.45) is 0 Å². The molecule has 0 radical (unpaired) electrons. The fourth-order valence-corrected chi connectivity index (χ4v) is 2.29. The van der Waals surface area contributed by atoms with Gasteiger partial charge >= 0.3 is 0 Å². The third-order valence-corrected chi connectivity index (χ3v) is 3.49. The van der Waals surface area contributed by atoms with E-state index in [1.165, 1.54) is 0 Å². The average molecular weight is 311 g/mol. The number of para-hydroxylation sites is 1. The van der Waals surface area contributed by atoms with Gasteiger partial charge in [-0.2, -0.15) is 0 Å². The number of ether oxygens (including phenoxy) is 2. The summed E-state index contributed by atoms with van der Waals surface area (Å²) in [6, 6.07) is 15.1. The zero-order valence-electron chi connectivity index (χ0n) is 13.7. The minimum absolute atomic E-state index is 0.0800. The minimum Gasteiger partial charge on any atom is -0.497 e. The molecule has 0 fully saturated rings. The second kappa shape index (κ2) is 8.03. The van der Waals surface area contributed by atoms with Gasteiger partial charge in [-0.3, -0.25) is 4.79 Å². The molecule has 0 unspecified atom stereocenters. The molecule has 120 valence electrons. The summed E-state index contributed by atoms with van der Waals surface area (Å²) in [5.74, 6) is 1.33. The Balaban J connectivity index is 2.23. The Bertz CT molecular complexity index is 680. The lowest BCUT2D eigenvalue weighted by atomic mass is 10.1. The first-order valence-electron chi connectivity index (χ1n) is 7.46. The summed E-state index contributed by atoms with van der Waals surface area (Å²) in [4.78, 5) is 14.2. The van der Waals surface area contributed by atoms with Gasteiger partial charge < -0.3 is 14.4 Å². The Morgan fingerprint density at radius 1 is 1.09 bits per heavy atom. The van der Waals surface area contributed by atoms with Gasteiger partial charge in [0.2, 0.25) is 0 Å². The molecule has 0 heterocycles. The molecule has 0 spiro atoms. The molecule has 0 aliphatic carbocycles. The van der Waals surface area contributed by atoms with E-state index < -0.39 is 0 Å². The van der Waals surface area contributed by atoms with Gasteiger partial charge in [0.15, 0.2) is 0 Å². The van der Waals surface area contributed by atoms with Gasteiger partial charge in [-0.05, 0) is 43.3 Å². The predicted molar refractivity (Wildman–Crippen MR) is 93.0 cm³/mol. The molecule has 0 saturated carbocycles. The lowest BCUT2D eigenvalue weighted by molar-refractivity contribution is -0.114. The summed E-state index contributed by atoms with van der Waals surface area (Å²) in [6.45, 7) is 2.55. The van der Waals surface area contributed by atoms with Crippen molar-refractivity contribution in [1.29, 1.82) is 0 Å². The van der Waals surface area contributed by atoms with Crippen molar-refractivity contribution in [2.45, 2.75) is 6.92 Å². The first kappa shape index (κ1) is 16.6. The summed E-state index contributed by atoms with van der Waals surface area (Å²) in [5, 5.41) is 0. The first-order chi connectivity index (χ1) is 11.2. The molecule has 0 N–H and O–H groups in total. The number of nitrogens with zero attached hydrogens (tertiary/aromatic N) is 1. The summed E-state index contributed by atoms with van der Waals surface area (Å²) < 4.78 is 10.5. The van der Waals surface area contributed by atoms with Crippen molar-refractivity contribution in [2.75, 3.05) is 25.7 Å². The van der Waals surface area contributed by atoms with Crippen LogP contribution in [0.3, 0.4) is 0 Å². The van der Waals surface area contributed by atoms with Crippen molar-refractivity contribution in [1.82, 2.24) is 0 Å². The second-order valence-corrected chi connectivity index (χ2v) is 4.86. The molecule has 23 heavy (non-hydrogen) atoms. The highest BCUT2D eigenvalue weighted by Gasteiger charge is 2.11. The highest BCUT2D eigenvalue weighted by Crippen LogP contribution is 2.25. The molecule has 4 heteroatoms. The zero-order valence-corrected chi connectivity index (χ0v) is 13.7. The number of amides is 1. The molecule has 2 rings (SSSR count). The number of rotatable bonds is 6. The highest BCUT2D eigenvalue weighted by molar-refractivity contribution is 6.03. The van der Waals surface area contributed by atoms with Gasteiger partial charge in [0, 0.05) is 23.9 Å². The zero-order chi connectivity index (χ0) is 16.7. The molecule has 1 amide bonds. The molecule has 2 aromatic carbocycles. The topological polar surface area (TPSA) is 38.8 Å². The summed E-state index contributed by atoms with van der Waals surface area (Å²) in [6.07, 6.45) is 3.29. The second-order valence-electron chi connectivity index (χ2n) is 4.86. The smallest absolute Gasteiger partial charge is 0.250 e. The van der Waals surface area contributed by atoms with Crippen LogP contribution in [0.25, 0.3) is 6.08 Å². The van der Waals surface area contributed by atoms with Crippen LogP contribution in [0.2, 0.25) is 0 Å². The maximum Gasteiger partial charge on any atom is 0.250 e. The Morgan fingerprint density at radius 3 is 2.43 bits per heavy atom. The van der Waals surface area contributed by atoms with Gasteiger partial charge in [0.25, 0.3) is 5.91 Å². The standard InChI is InChI=1S/C19H21NO3/c1-4-20(16-8-6-5-7-9-16)19(21)13-10-15-14-17(22-2)11-12-18(15)23-3/h5-14H,4H2,1-3H3/b13-10+. The van der Waals surface area contributed by atoms with E-state index in [0.717, 1.165) is 11.3 Å². The maximum atomic E-state index is 12.5. The van der Waals surface area contributed by atoms with E-state index in [4.69, 9.17) is 9.47 Å². The SMILES string of the molecule is CCN(C(=O)/C=C/c1cc(OC)ccc1OC)c1ccccc1. The summed E-state index contributed by atoms with van der Waals surface area (Å²) in [7, 11) is 3.21. The molecular formula is C19H21NO3. The highest BCUT2D eigenvalue weighted by atomic mass is 16.5. The van der Waals surface area contributed by atoms with Crippen LogP contribution in [0.4, 0.5) is 5.69 Å². The Morgan fingerprint density at radius 2 is 1.83 bits per heavy atom.